The van der Waals surface area contributed by atoms with Gasteiger partial charge in [-0.15, -0.1) is 0 Å². The highest BCUT2D eigenvalue weighted by atomic mass is 32.2. The van der Waals surface area contributed by atoms with Gasteiger partial charge in [0.1, 0.15) is 0 Å². The molecule has 0 spiro atoms. The summed E-state index contributed by atoms with van der Waals surface area (Å²) in [6.07, 6.45) is 9.36. The molecule has 1 saturated carbocycles. The fourth-order valence-electron chi connectivity index (χ4n) is 3.08. The van der Waals surface area contributed by atoms with Crippen LogP contribution in [-0.2, 0) is 0 Å². The van der Waals surface area contributed by atoms with Gasteiger partial charge in [0, 0.05) is 28.6 Å². The van der Waals surface area contributed by atoms with Crippen LogP contribution in [0.3, 0.4) is 0 Å². The molecule has 1 fully saturated rings. The first-order valence-electron chi connectivity index (χ1n) is 7.16. The smallest absolute Gasteiger partial charge is 0.0951 e. The van der Waals surface area contributed by atoms with E-state index in [1.807, 2.05) is 23.9 Å². The first-order chi connectivity index (χ1) is 9.74. The zero-order valence-corrected chi connectivity index (χ0v) is 12.7. The van der Waals surface area contributed by atoms with Crippen LogP contribution in [0.1, 0.15) is 25.7 Å². The first kappa shape index (κ1) is 13.6. The van der Waals surface area contributed by atoms with Crippen LogP contribution in [0.25, 0.3) is 10.9 Å². The molecule has 1 aliphatic rings. The molecule has 3 nitrogen and oxygen atoms in total. The van der Waals surface area contributed by atoms with E-state index in [9.17, 15) is 0 Å². The number of nitrogens with one attached hydrogen (secondary N) is 1. The van der Waals surface area contributed by atoms with Crippen LogP contribution in [-0.4, -0.2) is 22.5 Å². The Kier molecular flexibility index (Phi) is 3.74. The molecule has 1 aliphatic carbocycles. The van der Waals surface area contributed by atoms with Crippen molar-refractivity contribution in [2.24, 2.45) is 0 Å². The predicted octanol–water partition coefficient (Wildman–Crippen LogP) is 3.90. The highest BCUT2D eigenvalue weighted by Crippen LogP contribution is 2.40. The summed E-state index contributed by atoms with van der Waals surface area (Å²) in [5, 5.41) is 4.74. The number of hydrogen-bond donors (Lipinski definition) is 2. The van der Waals surface area contributed by atoms with Crippen molar-refractivity contribution >= 4 is 34.0 Å². The summed E-state index contributed by atoms with van der Waals surface area (Å²) in [6.45, 7) is 1.02. The van der Waals surface area contributed by atoms with E-state index in [-0.39, 0.29) is 0 Å². The van der Waals surface area contributed by atoms with Gasteiger partial charge < -0.3 is 11.1 Å². The summed E-state index contributed by atoms with van der Waals surface area (Å²) in [5.74, 6) is 0. The van der Waals surface area contributed by atoms with Gasteiger partial charge >= 0.3 is 0 Å². The summed E-state index contributed by atoms with van der Waals surface area (Å²) < 4.78 is 0.399. The quantitative estimate of drug-likeness (QED) is 0.837. The third-order valence-corrected chi connectivity index (χ3v) is 5.77. The number of pyridine rings is 1. The van der Waals surface area contributed by atoms with Gasteiger partial charge in [0.15, 0.2) is 0 Å². The molecule has 20 heavy (non-hydrogen) atoms. The lowest BCUT2D eigenvalue weighted by Gasteiger charge is -2.27. The normalized spacial score (nSPS) is 17.4. The van der Waals surface area contributed by atoms with Crippen molar-refractivity contribution in [2.75, 3.05) is 23.9 Å². The van der Waals surface area contributed by atoms with Gasteiger partial charge in [-0.25, -0.2) is 0 Å². The topological polar surface area (TPSA) is 50.9 Å². The van der Waals surface area contributed by atoms with E-state index in [1.54, 1.807) is 6.20 Å². The van der Waals surface area contributed by atoms with Crippen molar-refractivity contribution in [1.82, 2.24) is 4.98 Å². The summed E-state index contributed by atoms with van der Waals surface area (Å²) >= 11 is 2.00. The number of hydrogen-bond acceptors (Lipinski definition) is 4. The van der Waals surface area contributed by atoms with E-state index in [0.29, 0.717) is 4.75 Å². The maximum Gasteiger partial charge on any atom is 0.0951 e. The average molecular weight is 287 g/mol. The monoisotopic (exact) mass is 287 g/mol. The van der Waals surface area contributed by atoms with Crippen molar-refractivity contribution in [1.29, 1.82) is 0 Å². The number of nitrogens with zero attached hydrogens (tertiary/aromatic N) is 1. The molecular formula is C16H21N3S. The Hall–Kier alpha value is -1.42. The van der Waals surface area contributed by atoms with Crippen LogP contribution >= 0.6 is 11.8 Å². The van der Waals surface area contributed by atoms with Gasteiger partial charge in [-0.3, -0.25) is 4.98 Å². The number of anilines is 2. The van der Waals surface area contributed by atoms with Crippen molar-refractivity contribution in [3.63, 3.8) is 0 Å². The minimum Gasteiger partial charge on any atom is -0.397 e. The molecule has 0 amide bonds. The Labute approximate surface area is 124 Å². The number of nitrogens with two attached hydrogens (primary N) is 1. The standard InChI is InChI=1S/C16H21N3S/c1-20-16(8-2-3-9-16)11-19-14-7-6-13(17)15-12(14)5-4-10-18-15/h4-7,10,19H,2-3,8-9,11,17H2,1H3. The van der Waals surface area contributed by atoms with E-state index in [4.69, 9.17) is 5.73 Å². The second kappa shape index (κ2) is 5.52. The van der Waals surface area contributed by atoms with Gasteiger partial charge in [-0.1, -0.05) is 12.8 Å². The largest absolute Gasteiger partial charge is 0.397 e. The lowest BCUT2D eigenvalue weighted by atomic mass is 10.1. The Morgan fingerprint density at radius 1 is 1.30 bits per heavy atom. The molecule has 2 aromatic rings. The predicted molar refractivity (Wildman–Crippen MR) is 89.4 cm³/mol. The third kappa shape index (κ3) is 2.44. The maximum atomic E-state index is 6.00. The van der Waals surface area contributed by atoms with Gasteiger partial charge in [-0.2, -0.15) is 11.8 Å². The van der Waals surface area contributed by atoms with Crippen LogP contribution in [0.4, 0.5) is 11.4 Å². The van der Waals surface area contributed by atoms with E-state index in [2.05, 4.69) is 28.7 Å². The number of nitrogen functional groups attached to an aromatic ring is 1. The van der Waals surface area contributed by atoms with Crippen LogP contribution in [0.2, 0.25) is 0 Å². The number of aromatic nitrogens is 1. The van der Waals surface area contributed by atoms with E-state index >= 15 is 0 Å². The zero-order chi connectivity index (χ0) is 14.0. The number of thioether (sulfide) groups is 1. The SMILES string of the molecule is CSC1(CNc2ccc(N)c3ncccc23)CCCC1. The van der Waals surface area contributed by atoms with Crippen molar-refractivity contribution in [3.05, 3.63) is 30.5 Å². The maximum absolute atomic E-state index is 6.00. The first-order valence-corrected chi connectivity index (χ1v) is 8.39. The molecule has 0 saturated heterocycles. The van der Waals surface area contributed by atoms with E-state index in [0.717, 1.165) is 28.8 Å². The summed E-state index contributed by atoms with van der Waals surface area (Å²) in [6, 6.07) is 8.06. The van der Waals surface area contributed by atoms with Crippen LogP contribution < -0.4 is 11.1 Å². The molecule has 0 unspecified atom stereocenters. The summed E-state index contributed by atoms with van der Waals surface area (Å²) in [7, 11) is 0. The molecule has 0 radical (unpaired) electrons. The third-order valence-electron chi connectivity index (χ3n) is 4.35. The second-order valence-corrected chi connectivity index (χ2v) is 6.82. The molecule has 3 rings (SSSR count). The van der Waals surface area contributed by atoms with Crippen molar-refractivity contribution in [3.8, 4) is 0 Å². The molecule has 106 valence electrons. The second-order valence-electron chi connectivity index (χ2n) is 5.55. The molecule has 0 atom stereocenters. The Bertz CT molecular complexity index is 606. The lowest BCUT2D eigenvalue weighted by molar-refractivity contribution is 0.640. The van der Waals surface area contributed by atoms with Gasteiger partial charge in [0.25, 0.3) is 0 Å². The molecule has 1 aromatic heterocycles. The minimum absolute atomic E-state index is 0.399. The Morgan fingerprint density at radius 3 is 2.85 bits per heavy atom. The lowest BCUT2D eigenvalue weighted by Crippen LogP contribution is -2.30. The van der Waals surface area contributed by atoms with Gasteiger partial charge in [0.05, 0.1) is 11.2 Å². The van der Waals surface area contributed by atoms with Crippen LogP contribution in [0, 0.1) is 0 Å². The fraction of sp³-hybridized carbons (Fsp3) is 0.438. The number of fused-ring (bicyclic) bond motifs is 1. The zero-order valence-electron chi connectivity index (χ0n) is 11.9. The van der Waals surface area contributed by atoms with Crippen LogP contribution in [0.15, 0.2) is 30.5 Å². The molecule has 1 heterocycles. The van der Waals surface area contributed by atoms with Gasteiger partial charge in [-0.05, 0) is 43.4 Å². The highest BCUT2D eigenvalue weighted by Gasteiger charge is 2.32. The molecule has 4 heteroatoms. The average Bonchev–Trinajstić information content (AvgIpc) is 2.96. The highest BCUT2D eigenvalue weighted by molar-refractivity contribution is 8.00. The molecule has 1 aromatic carbocycles. The Morgan fingerprint density at radius 2 is 2.10 bits per heavy atom. The molecular weight excluding hydrogens is 266 g/mol. The van der Waals surface area contributed by atoms with Gasteiger partial charge in [0.2, 0.25) is 0 Å². The van der Waals surface area contributed by atoms with Crippen molar-refractivity contribution in [2.45, 2.75) is 30.4 Å². The van der Waals surface area contributed by atoms with E-state index < -0.39 is 0 Å². The van der Waals surface area contributed by atoms with Crippen LogP contribution in [0.5, 0.6) is 0 Å². The Balaban J connectivity index is 1.86. The molecule has 3 N–H and O–H groups in total. The number of rotatable bonds is 4. The molecule has 0 bridgehead atoms. The fourth-order valence-corrected chi connectivity index (χ4v) is 3.99. The number of benzene rings is 1. The summed E-state index contributed by atoms with van der Waals surface area (Å²) in [5.41, 5.74) is 8.78. The minimum atomic E-state index is 0.399. The van der Waals surface area contributed by atoms with E-state index in [1.165, 1.54) is 25.7 Å². The van der Waals surface area contributed by atoms with Crippen molar-refractivity contribution < 1.29 is 0 Å². The summed E-state index contributed by atoms with van der Waals surface area (Å²) in [4.78, 5) is 4.39. The molecule has 0 aliphatic heterocycles.